The molecule has 1 spiro atoms. The summed E-state index contributed by atoms with van der Waals surface area (Å²) in [6.45, 7) is 12.3. The normalized spacial score (nSPS) is 18.2. The number of aryl methyl sites for hydroxylation is 1. The number of piperidine rings is 1. The van der Waals surface area contributed by atoms with Crippen LogP contribution in [0.15, 0.2) is 65.9 Å². The summed E-state index contributed by atoms with van der Waals surface area (Å²) in [6.07, 6.45) is 9.94. The third-order valence-corrected chi connectivity index (χ3v) is 7.76. The lowest BCUT2D eigenvalue weighted by molar-refractivity contribution is 0.00863. The van der Waals surface area contributed by atoms with Gasteiger partial charge in [0, 0.05) is 43.8 Å². The van der Waals surface area contributed by atoms with Gasteiger partial charge in [-0.05, 0) is 93.7 Å². The number of amides is 1. The zero-order valence-electron chi connectivity index (χ0n) is 24.0. The highest BCUT2D eigenvalue weighted by Crippen LogP contribution is 2.44. The van der Waals surface area contributed by atoms with Crippen molar-refractivity contribution in [2.75, 3.05) is 20.2 Å². The average Bonchev–Trinajstić information content (AvgIpc) is 3.30. The summed E-state index contributed by atoms with van der Waals surface area (Å²) in [5.74, 6) is 1.60. The molecule has 0 saturated carbocycles. The first-order valence-electron chi connectivity index (χ1n) is 14.0. The van der Waals surface area contributed by atoms with Crippen molar-refractivity contribution in [2.24, 2.45) is 10.4 Å². The topological polar surface area (TPSA) is 81.8 Å². The first-order valence-corrected chi connectivity index (χ1v) is 14.0. The number of allylic oxidation sites excluding steroid dienone is 1. The number of carbonyl (C=O) groups is 1. The van der Waals surface area contributed by atoms with Gasteiger partial charge in [0.1, 0.15) is 17.0 Å². The lowest BCUT2D eigenvalue weighted by Gasteiger charge is -2.42. The quantitative estimate of drug-likeness (QED) is 0.354. The molecule has 2 aliphatic heterocycles. The number of rotatable bonds is 3. The maximum absolute atomic E-state index is 12.7. The second kappa shape index (κ2) is 11.3. The Labute approximate surface area is 236 Å². The molecule has 0 radical (unpaired) electrons. The van der Waals surface area contributed by atoms with E-state index in [1.54, 1.807) is 19.5 Å². The minimum atomic E-state index is -0.492. The number of benzene rings is 1. The summed E-state index contributed by atoms with van der Waals surface area (Å²) < 4.78 is 13.2. The molecule has 0 N–H and O–H groups in total. The summed E-state index contributed by atoms with van der Waals surface area (Å²) in [6, 6.07) is 12.0. The smallest absolute Gasteiger partial charge is 0.410 e. The van der Waals surface area contributed by atoms with Crippen molar-refractivity contribution < 1.29 is 14.3 Å². The Morgan fingerprint density at radius 2 is 1.77 bits per heavy atom. The van der Waals surface area contributed by atoms with E-state index in [-0.39, 0.29) is 11.5 Å². The molecule has 1 fully saturated rings. The van der Waals surface area contributed by atoms with Crippen LogP contribution in [0.5, 0.6) is 5.75 Å². The van der Waals surface area contributed by atoms with Crippen LogP contribution in [0.1, 0.15) is 52.9 Å². The lowest BCUT2D eigenvalue weighted by Crippen LogP contribution is -2.45. The van der Waals surface area contributed by atoms with Gasteiger partial charge in [-0.15, -0.1) is 0 Å². The standard InChI is InChI=1S/C32H39N5O3/c1-23-21-32(13-18-36(19-14-32)30(38)40-31(2,3)4)12-7-17-37-29(34-22-23)27(25-8-6-9-26(20-25)39-5)28(35-37)24-10-15-33-16-11-24/h6,8-11,15-16,20,22H,1,7,12-14,17-19,21H2,2-5H3/b34-22-. The molecule has 1 saturated heterocycles. The molecule has 8 nitrogen and oxygen atoms in total. The zero-order chi connectivity index (χ0) is 28.3. The van der Waals surface area contributed by atoms with Crippen LogP contribution in [0.2, 0.25) is 0 Å². The molecule has 4 heterocycles. The van der Waals surface area contributed by atoms with E-state index >= 15 is 0 Å². The molecule has 40 heavy (non-hydrogen) atoms. The second-order valence-corrected chi connectivity index (χ2v) is 11.9. The average molecular weight is 542 g/mol. The largest absolute Gasteiger partial charge is 0.497 e. The van der Waals surface area contributed by atoms with Gasteiger partial charge in [-0.1, -0.05) is 18.7 Å². The Morgan fingerprint density at radius 1 is 1.02 bits per heavy atom. The van der Waals surface area contributed by atoms with Gasteiger partial charge < -0.3 is 14.4 Å². The van der Waals surface area contributed by atoms with Crippen molar-refractivity contribution in [3.8, 4) is 28.1 Å². The van der Waals surface area contributed by atoms with Crippen LogP contribution in [0.4, 0.5) is 10.6 Å². The molecule has 1 aromatic carbocycles. The highest BCUT2D eigenvalue weighted by Gasteiger charge is 2.37. The van der Waals surface area contributed by atoms with Gasteiger partial charge in [0.25, 0.3) is 0 Å². The second-order valence-electron chi connectivity index (χ2n) is 11.9. The number of pyridine rings is 1. The minimum absolute atomic E-state index is 0.0792. The van der Waals surface area contributed by atoms with Crippen LogP contribution in [-0.4, -0.2) is 57.8 Å². The molecule has 0 bridgehead atoms. The third-order valence-electron chi connectivity index (χ3n) is 7.76. The number of aromatic nitrogens is 3. The minimum Gasteiger partial charge on any atom is -0.497 e. The Balaban J connectivity index is 1.44. The van der Waals surface area contributed by atoms with Crippen LogP contribution in [0.3, 0.4) is 0 Å². The van der Waals surface area contributed by atoms with Crippen molar-refractivity contribution in [1.82, 2.24) is 19.7 Å². The Morgan fingerprint density at radius 3 is 2.48 bits per heavy atom. The van der Waals surface area contributed by atoms with E-state index < -0.39 is 5.60 Å². The summed E-state index contributed by atoms with van der Waals surface area (Å²) in [7, 11) is 1.68. The number of nitrogens with zero attached hydrogens (tertiary/aromatic N) is 5. The van der Waals surface area contributed by atoms with Gasteiger partial charge in [-0.2, -0.15) is 5.10 Å². The number of carbonyl (C=O) groups excluding carboxylic acids is 1. The summed E-state index contributed by atoms with van der Waals surface area (Å²) >= 11 is 0. The molecule has 0 aliphatic carbocycles. The summed E-state index contributed by atoms with van der Waals surface area (Å²) in [5.41, 5.74) is 4.40. The predicted molar refractivity (Wildman–Crippen MR) is 158 cm³/mol. The van der Waals surface area contributed by atoms with Crippen molar-refractivity contribution in [2.45, 2.75) is 65.0 Å². The van der Waals surface area contributed by atoms with Gasteiger partial charge in [0.15, 0.2) is 5.82 Å². The van der Waals surface area contributed by atoms with E-state index in [0.29, 0.717) is 13.1 Å². The molecule has 5 rings (SSSR count). The summed E-state index contributed by atoms with van der Waals surface area (Å²) in [5, 5.41) is 5.09. The third kappa shape index (κ3) is 6.11. The summed E-state index contributed by atoms with van der Waals surface area (Å²) in [4.78, 5) is 23.7. The van der Waals surface area contributed by atoms with Crippen LogP contribution in [0.25, 0.3) is 22.4 Å². The number of methoxy groups -OCH3 is 1. The van der Waals surface area contributed by atoms with Crippen molar-refractivity contribution >= 4 is 18.1 Å². The van der Waals surface area contributed by atoms with Crippen molar-refractivity contribution in [1.29, 1.82) is 0 Å². The molecular formula is C32H39N5O3. The zero-order valence-corrected chi connectivity index (χ0v) is 24.0. The Hall–Kier alpha value is -3.94. The van der Waals surface area contributed by atoms with Crippen LogP contribution in [-0.2, 0) is 11.3 Å². The molecule has 2 aliphatic rings. The maximum Gasteiger partial charge on any atom is 0.410 e. The van der Waals surface area contributed by atoms with Gasteiger partial charge in [0.2, 0.25) is 0 Å². The van der Waals surface area contributed by atoms with E-state index in [0.717, 1.165) is 78.2 Å². The van der Waals surface area contributed by atoms with Crippen molar-refractivity contribution in [3.63, 3.8) is 0 Å². The fourth-order valence-electron chi connectivity index (χ4n) is 5.79. The Bertz CT molecular complexity index is 1400. The van der Waals surface area contributed by atoms with Crippen LogP contribution < -0.4 is 4.74 Å². The molecule has 8 heteroatoms. The molecule has 0 atom stereocenters. The number of aliphatic imine (C=N–C) groups is 1. The van der Waals surface area contributed by atoms with Gasteiger partial charge >= 0.3 is 6.09 Å². The number of hydrogen-bond acceptors (Lipinski definition) is 6. The lowest BCUT2D eigenvalue weighted by atomic mass is 9.71. The van der Waals surface area contributed by atoms with Crippen LogP contribution >= 0.6 is 0 Å². The van der Waals surface area contributed by atoms with E-state index in [9.17, 15) is 4.79 Å². The number of hydrogen-bond donors (Lipinski definition) is 0. The van der Waals surface area contributed by atoms with Gasteiger partial charge in [-0.25, -0.2) is 14.5 Å². The maximum atomic E-state index is 12.7. The molecule has 3 aromatic rings. The van der Waals surface area contributed by atoms with E-state index in [1.165, 1.54) is 0 Å². The predicted octanol–water partition coefficient (Wildman–Crippen LogP) is 7.08. The first-order chi connectivity index (χ1) is 19.2. The first kappa shape index (κ1) is 27.6. The van der Waals surface area contributed by atoms with E-state index in [1.807, 2.05) is 66.9 Å². The highest BCUT2D eigenvalue weighted by molar-refractivity contribution is 5.91. The highest BCUT2D eigenvalue weighted by atomic mass is 16.6. The van der Waals surface area contributed by atoms with Crippen molar-refractivity contribution in [3.05, 3.63) is 60.9 Å². The number of ether oxygens (including phenoxy) is 2. The van der Waals surface area contributed by atoms with Crippen LogP contribution in [0, 0.1) is 5.41 Å². The van der Waals surface area contributed by atoms with Gasteiger partial charge in [-0.3, -0.25) is 4.98 Å². The molecule has 0 unspecified atom stereocenters. The molecule has 2 aromatic heterocycles. The van der Waals surface area contributed by atoms with E-state index in [2.05, 4.69) is 17.6 Å². The molecular weight excluding hydrogens is 502 g/mol. The Kier molecular flexibility index (Phi) is 7.79. The monoisotopic (exact) mass is 541 g/mol. The fraction of sp³-hybridized carbons (Fsp3) is 0.438. The van der Waals surface area contributed by atoms with Gasteiger partial charge in [0.05, 0.1) is 12.7 Å². The number of likely N-dealkylation sites (tertiary alicyclic amines) is 1. The van der Waals surface area contributed by atoms with E-state index in [4.69, 9.17) is 19.6 Å². The SMILES string of the molecule is C=C1/C=N\c2c(-c3cccc(OC)c3)c(-c3ccncc3)nn2CCCC2(CCN(C(=O)OC(C)(C)C)CC2)C1. The molecule has 210 valence electrons. The molecule has 1 amide bonds. The fourth-order valence-corrected chi connectivity index (χ4v) is 5.79. The number of fused-ring (bicyclic) bond motifs is 1.